The molecule has 0 aliphatic heterocycles. The molecule has 17 heavy (non-hydrogen) atoms. The van der Waals surface area contributed by atoms with E-state index >= 15 is 0 Å². The number of carbonyl (C=O) groups is 2. The lowest BCUT2D eigenvalue weighted by atomic mass is 10.2. The zero-order chi connectivity index (χ0) is 13.3. The van der Waals surface area contributed by atoms with Gasteiger partial charge in [-0.3, -0.25) is 9.59 Å². The largest absolute Gasteiger partial charge is 0.469 e. The lowest BCUT2D eigenvalue weighted by Crippen LogP contribution is -2.35. The summed E-state index contributed by atoms with van der Waals surface area (Å²) in [4.78, 5) is 22.6. The predicted molar refractivity (Wildman–Crippen MR) is 71.1 cm³/mol. The number of thioether (sulfide) groups is 1. The summed E-state index contributed by atoms with van der Waals surface area (Å²) < 4.78 is 4.57. The van der Waals surface area contributed by atoms with Crippen LogP contribution >= 0.6 is 11.8 Å². The number of esters is 1. The first kappa shape index (κ1) is 16.3. The highest BCUT2D eigenvalue weighted by Gasteiger charge is 2.13. The van der Waals surface area contributed by atoms with Crippen LogP contribution in [0.3, 0.4) is 0 Å². The van der Waals surface area contributed by atoms with Gasteiger partial charge < -0.3 is 10.1 Å². The second-order valence-corrected chi connectivity index (χ2v) is 5.41. The van der Waals surface area contributed by atoms with Crippen molar-refractivity contribution in [1.29, 1.82) is 0 Å². The fraction of sp³-hybridized carbons (Fsp3) is 0.833. The minimum absolute atomic E-state index is 0.0421. The maximum atomic E-state index is 11.6. The molecule has 0 aromatic heterocycles. The predicted octanol–water partition coefficient (Wildman–Crippen LogP) is 1.98. The molecule has 0 fully saturated rings. The first-order valence-corrected chi connectivity index (χ1v) is 7.06. The number of rotatable bonds is 8. The molecule has 0 bridgehead atoms. The first-order valence-electron chi connectivity index (χ1n) is 6.01. The molecular formula is C12H23NO3S. The second kappa shape index (κ2) is 9.33. The van der Waals surface area contributed by atoms with Gasteiger partial charge in [-0.2, -0.15) is 0 Å². The van der Waals surface area contributed by atoms with Crippen LogP contribution in [-0.4, -0.2) is 36.0 Å². The van der Waals surface area contributed by atoms with E-state index in [1.807, 2.05) is 6.92 Å². The fourth-order valence-electron chi connectivity index (χ4n) is 1.36. The summed E-state index contributed by atoms with van der Waals surface area (Å²) in [6.45, 7) is 6.04. The molecule has 0 heterocycles. The fourth-order valence-corrected chi connectivity index (χ4v) is 2.13. The highest BCUT2D eigenvalue weighted by molar-refractivity contribution is 8.00. The van der Waals surface area contributed by atoms with E-state index in [-0.39, 0.29) is 23.2 Å². The van der Waals surface area contributed by atoms with E-state index in [0.29, 0.717) is 12.2 Å². The van der Waals surface area contributed by atoms with E-state index in [0.717, 1.165) is 12.8 Å². The van der Waals surface area contributed by atoms with Crippen LogP contribution in [0.5, 0.6) is 0 Å². The average molecular weight is 261 g/mol. The van der Waals surface area contributed by atoms with Crippen molar-refractivity contribution in [2.24, 2.45) is 0 Å². The molecule has 1 unspecified atom stereocenters. The van der Waals surface area contributed by atoms with Gasteiger partial charge in [0.2, 0.25) is 5.91 Å². The third kappa shape index (κ3) is 8.07. The van der Waals surface area contributed by atoms with Crippen molar-refractivity contribution in [3.05, 3.63) is 0 Å². The second-order valence-electron chi connectivity index (χ2n) is 3.98. The number of hydrogen-bond acceptors (Lipinski definition) is 4. The van der Waals surface area contributed by atoms with Crippen molar-refractivity contribution in [3.63, 3.8) is 0 Å². The molecule has 1 N–H and O–H groups in total. The van der Waals surface area contributed by atoms with Crippen molar-refractivity contribution < 1.29 is 14.3 Å². The molecule has 1 atom stereocenters. The van der Waals surface area contributed by atoms with Crippen LogP contribution in [0.25, 0.3) is 0 Å². The van der Waals surface area contributed by atoms with Gasteiger partial charge in [0.25, 0.3) is 0 Å². The van der Waals surface area contributed by atoms with E-state index in [9.17, 15) is 9.59 Å². The van der Waals surface area contributed by atoms with Crippen molar-refractivity contribution in [2.75, 3.05) is 12.9 Å². The van der Waals surface area contributed by atoms with E-state index in [2.05, 4.69) is 23.9 Å². The van der Waals surface area contributed by atoms with Crippen LogP contribution < -0.4 is 5.32 Å². The zero-order valence-electron chi connectivity index (χ0n) is 11.1. The Morgan fingerprint density at radius 1 is 1.29 bits per heavy atom. The third-order valence-electron chi connectivity index (χ3n) is 2.53. The van der Waals surface area contributed by atoms with E-state index in [4.69, 9.17) is 0 Å². The standard InChI is InChI=1S/C12H23NO3S/c1-5-10(6-2)13-11(14)8-17-9(3)7-12(15)16-4/h9-10H,5-8H2,1-4H3,(H,13,14). The summed E-state index contributed by atoms with van der Waals surface area (Å²) >= 11 is 1.48. The van der Waals surface area contributed by atoms with Crippen molar-refractivity contribution in [2.45, 2.75) is 51.3 Å². The molecule has 0 radical (unpaired) electrons. The Balaban J connectivity index is 3.79. The Morgan fingerprint density at radius 2 is 1.88 bits per heavy atom. The summed E-state index contributed by atoms with van der Waals surface area (Å²) in [6, 6.07) is 0.263. The highest BCUT2D eigenvalue weighted by atomic mass is 32.2. The van der Waals surface area contributed by atoms with Gasteiger partial charge in [0, 0.05) is 11.3 Å². The van der Waals surface area contributed by atoms with Crippen LogP contribution in [0.4, 0.5) is 0 Å². The molecule has 1 amide bonds. The molecule has 0 aliphatic carbocycles. The monoisotopic (exact) mass is 261 g/mol. The lowest BCUT2D eigenvalue weighted by Gasteiger charge is -2.15. The number of carbonyl (C=O) groups excluding carboxylic acids is 2. The summed E-state index contributed by atoms with van der Waals surface area (Å²) in [5, 5.41) is 3.07. The van der Waals surface area contributed by atoms with E-state index in [1.165, 1.54) is 18.9 Å². The van der Waals surface area contributed by atoms with Crippen LogP contribution in [0.15, 0.2) is 0 Å². The molecular weight excluding hydrogens is 238 g/mol. The van der Waals surface area contributed by atoms with Crippen LogP contribution in [0, 0.1) is 0 Å². The Kier molecular flexibility index (Phi) is 8.94. The van der Waals surface area contributed by atoms with Gasteiger partial charge >= 0.3 is 5.97 Å². The van der Waals surface area contributed by atoms with Gasteiger partial charge in [-0.15, -0.1) is 11.8 Å². The van der Waals surface area contributed by atoms with Crippen molar-refractivity contribution in [3.8, 4) is 0 Å². The van der Waals surface area contributed by atoms with Gasteiger partial charge in [0.15, 0.2) is 0 Å². The molecule has 100 valence electrons. The maximum absolute atomic E-state index is 11.6. The average Bonchev–Trinajstić information content (AvgIpc) is 2.33. The van der Waals surface area contributed by atoms with Crippen molar-refractivity contribution in [1.82, 2.24) is 5.32 Å². The number of hydrogen-bond donors (Lipinski definition) is 1. The van der Waals surface area contributed by atoms with Gasteiger partial charge in [0.1, 0.15) is 0 Å². The third-order valence-corrected chi connectivity index (χ3v) is 3.70. The Labute approximate surface area is 108 Å². The topological polar surface area (TPSA) is 55.4 Å². The molecule has 0 aliphatic rings. The lowest BCUT2D eigenvalue weighted by molar-refractivity contribution is -0.140. The highest BCUT2D eigenvalue weighted by Crippen LogP contribution is 2.14. The quantitative estimate of drug-likeness (QED) is 0.679. The molecule has 0 aromatic carbocycles. The number of amides is 1. The van der Waals surface area contributed by atoms with E-state index < -0.39 is 0 Å². The molecule has 0 spiro atoms. The summed E-state index contributed by atoms with van der Waals surface area (Å²) in [7, 11) is 1.37. The zero-order valence-corrected chi connectivity index (χ0v) is 11.9. The van der Waals surface area contributed by atoms with Crippen LogP contribution in [0.2, 0.25) is 0 Å². The van der Waals surface area contributed by atoms with Gasteiger partial charge in [-0.05, 0) is 12.8 Å². The smallest absolute Gasteiger partial charge is 0.306 e. The molecule has 5 heteroatoms. The number of methoxy groups -OCH3 is 1. The Bertz CT molecular complexity index is 242. The van der Waals surface area contributed by atoms with Gasteiger partial charge in [0.05, 0.1) is 19.3 Å². The summed E-state index contributed by atoms with van der Waals surface area (Å²) in [5.74, 6) is 0.208. The molecule has 0 saturated heterocycles. The Hall–Kier alpha value is -0.710. The molecule has 0 rings (SSSR count). The molecule has 0 saturated carbocycles. The van der Waals surface area contributed by atoms with Crippen LogP contribution in [-0.2, 0) is 14.3 Å². The van der Waals surface area contributed by atoms with E-state index in [1.54, 1.807) is 0 Å². The summed E-state index contributed by atoms with van der Waals surface area (Å²) in [5.41, 5.74) is 0. The number of nitrogens with one attached hydrogen (secondary N) is 1. The van der Waals surface area contributed by atoms with Crippen molar-refractivity contribution >= 4 is 23.6 Å². The summed E-state index contributed by atoms with van der Waals surface area (Å²) in [6.07, 6.45) is 2.24. The normalized spacial score (nSPS) is 12.3. The molecule has 0 aromatic rings. The first-order chi connectivity index (χ1) is 8.03. The van der Waals surface area contributed by atoms with Gasteiger partial charge in [-0.1, -0.05) is 20.8 Å². The number of ether oxygens (including phenoxy) is 1. The SMILES string of the molecule is CCC(CC)NC(=O)CSC(C)CC(=O)OC. The minimum atomic E-state index is -0.231. The Morgan fingerprint density at radius 3 is 2.35 bits per heavy atom. The van der Waals surface area contributed by atoms with Gasteiger partial charge in [-0.25, -0.2) is 0 Å². The maximum Gasteiger partial charge on any atom is 0.306 e. The minimum Gasteiger partial charge on any atom is -0.469 e. The molecule has 4 nitrogen and oxygen atoms in total. The van der Waals surface area contributed by atoms with Crippen LogP contribution in [0.1, 0.15) is 40.0 Å².